The van der Waals surface area contributed by atoms with Gasteiger partial charge in [-0.15, -0.1) is 0 Å². The molecule has 0 atom stereocenters. The van der Waals surface area contributed by atoms with Crippen LogP contribution < -0.4 is 20.4 Å². The molecule has 2 heterocycles. The van der Waals surface area contributed by atoms with Crippen molar-refractivity contribution in [3.63, 3.8) is 0 Å². The van der Waals surface area contributed by atoms with Crippen molar-refractivity contribution in [2.45, 2.75) is 141 Å². The van der Waals surface area contributed by atoms with Gasteiger partial charge < -0.3 is 30.2 Å². The Morgan fingerprint density at radius 1 is 0.462 bits per heavy atom. The first-order chi connectivity index (χ1) is 25.6. The Kier molecular flexibility index (Phi) is 13.2. The largest absolute Gasteiger partial charge is 0.372 e. The minimum absolute atomic E-state index is 0.0765. The third-order valence-corrected chi connectivity index (χ3v) is 13.1. The van der Waals surface area contributed by atoms with E-state index in [1.165, 1.54) is 88.4 Å². The average molecular weight is 711 g/mol. The Hall–Kier alpha value is -3.42. The molecule has 52 heavy (non-hydrogen) atoms. The summed E-state index contributed by atoms with van der Waals surface area (Å²) in [5, 5.41) is 6.62. The zero-order valence-electron chi connectivity index (χ0n) is 31.9. The van der Waals surface area contributed by atoms with Gasteiger partial charge in [0.15, 0.2) is 0 Å². The highest BCUT2D eigenvalue weighted by atomic mass is 16.2. The molecule has 5 fully saturated rings. The van der Waals surface area contributed by atoms with Gasteiger partial charge in [-0.1, -0.05) is 51.4 Å². The van der Waals surface area contributed by atoms with E-state index in [0.717, 1.165) is 102 Å². The van der Waals surface area contributed by atoms with E-state index in [9.17, 15) is 9.59 Å². The van der Waals surface area contributed by atoms with E-state index in [1.807, 2.05) is 0 Å². The van der Waals surface area contributed by atoms with Gasteiger partial charge in [0.1, 0.15) is 0 Å². The highest BCUT2D eigenvalue weighted by molar-refractivity contribution is 5.90. The molecule has 284 valence electrons. The lowest BCUT2D eigenvalue weighted by Crippen LogP contribution is -2.47. The molecule has 0 aromatic heterocycles. The summed E-state index contributed by atoms with van der Waals surface area (Å²) in [6, 6.07) is 17.8. The van der Waals surface area contributed by atoms with Gasteiger partial charge in [0.25, 0.3) is 0 Å². The number of hydrogen-bond acceptors (Lipinski definition) is 4. The second-order valence-electron chi connectivity index (χ2n) is 16.8. The molecular weight excluding hydrogens is 645 g/mol. The number of anilines is 4. The first kappa shape index (κ1) is 36.9. The number of nitrogens with one attached hydrogen (secondary N) is 2. The van der Waals surface area contributed by atoms with Crippen LogP contribution in [0.15, 0.2) is 48.5 Å². The molecule has 0 unspecified atom stereocenters. The first-order valence-electron chi connectivity index (χ1n) is 21.4. The lowest BCUT2D eigenvalue weighted by Gasteiger charge is -2.39. The number of benzene rings is 2. The van der Waals surface area contributed by atoms with Crippen molar-refractivity contribution in [1.82, 2.24) is 9.80 Å². The minimum atomic E-state index is 0.0765. The third kappa shape index (κ3) is 9.96. The molecule has 4 amide bonds. The molecular formula is C44H66N6O2. The number of nitrogens with zero attached hydrogens (tertiary/aromatic N) is 4. The van der Waals surface area contributed by atoms with Gasteiger partial charge in [-0.25, -0.2) is 9.59 Å². The van der Waals surface area contributed by atoms with E-state index in [0.29, 0.717) is 23.9 Å². The zero-order valence-corrected chi connectivity index (χ0v) is 31.9. The van der Waals surface area contributed by atoms with Crippen LogP contribution in [0.5, 0.6) is 0 Å². The summed E-state index contributed by atoms with van der Waals surface area (Å²) < 4.78 is 0. The van der Waals surface area contributed by atoms with Gasteiger partial charge in [-0.2, -0.15) is 0 Å². The second-order valence-corrected chi connectivity index (χ2v) is 16.8. The Morgan fingerprint density at radius 3 is 1.12 bits per heavy atom. The summed E-state index contributed by atoms with van der Waals surface area (Å²) in [4.78, 5) is 37.4. The number of urea groups is 2. The number of hydrogen-bond donors (Lipinski definition) is 2. The van der Waals surface area contributed by atoms with Crippen LogP contribution in [-0.4, -0.2) is 73.2 Å². The summed E-state index contributed by atoms with van der Waals surface area (Å²) in [6.07, 6.45) is 24.0. The average Bonchev–Trinajstić information content (AvgIpc) is 3.78. The maximum absolute atomic E-state index is 14.0. The van der Waals surface area contributed by atoms with Crippen LogP contribution in [0.2, 0.25) is 0 Å². The molecule has 3 saturated carbocycles. The van der Waals surface area contributed by atoms with Crippen molar-refractivity contribution in [1.29, 1.82) is 0 Å². The fraction of sp³-hybridized carbons (Fsp3) is 0.682. The van der Waals surface area contributed by atoms with Crippen molar-refractivity contribution in [2.24, 2.45) is 11.8 Å². The summed E-state index contributed by atoms with van der Waals surface area (Å²) in [6.45, 7) is 6.20. The van der Waals surface area contributed by atoms with Crippen LogP contribution in [0.3, 0.4) is 0 Å². The lowest BCUT2D eigenvalue weighted by molar-refractivity contribution is 0.126. The van der Waals surface area contributed by atoms with Crippen LogP contribution in [0.4, 0.5) is 32.3 Å². The van der Waals surface area contributed by atoms with Crippen molar-refractivity contribution in [2.75, 3.05) is 59.7 Å². The van der Waals surface area contributed by atoms with E-state index in [-0.39, 0.29) is 12.1 Å². The molecule has 0 bridgehead atoms. The number of carbonyl (C=O) groups is 2. The smallest absolute Gasteiger partial charge is 0.322 e. The minimum Gasteiger partial charge on any atom is -0.372 e. The molecule has 2 saturated heterocycles. The van der Waals surface area contributed by atoms with Gasteiger partial charge in [0.05, 0.1) is 0 Å². The van der Waals surface area contributed by atoms with Crippen molar-refractivity contribution < 1.29 is 9.59 Å². The first-order valence-corrected chi connectivity index (χ1v) is 21.4. The summed E-state index contributed by atoms with van der Waals surface area (Å²) >= 11 is 0. The Morgan fingerprint density at radius 2 is 0.788 bits per heavy atom. The molecule has 5 aliphatic rings. The quantitative estimate of drug-likeness (QED) is 0.241. The predicted octanol–water partition coefficient (Wildman–Crippen LogP) is 10.5. The summed E-state index contributed by atoms with van der Waals surface area (Å²) in [7, 11) is 0. The SMILES string of the molecule is O=C(Nc1ccc(N2CCCC2)cc1)N(CC1CCC(CN(C(=O)Nc2ccc(N3CCCC3)cc2)C2CCCCCC2)CC1)C1CCCCCC1. The number of amides is 4. The molecule has 7 rings (SSSR count). The summed E-state index contributed by atoms with van der Waals surface area (Å²) in [5.74, 6) is 1.02. The summed E-state index contributed by atoms with van der Waals surface area (Å²) in [5.41, 5.74) is 4.31. The highest BCUT2D eigenvalue weighted by Gasteiger charge is 2.33. The lowest BCUT2D eigenvalue weighted by atomic mass is 9.81. The predicted molar refractivity (Wildman–Crippen MR) is 216 cm³/mol. The van der Waals surface area contributed by atoms with Crippen LogP contribution in [0, 0.1) is 11.8 Å². The molecule has 8 heteroatoms. The van der Waals surface area contributed by atoms with Crippen LogP contribution >= 0.6 is 0 Å². The van der Waals surface area contributed by atoms with E-state index < -0.39 is 0 Å². The molecule has 2 aromatic carbocycles. The van der Waals surface area contributed by atoms with Gasteiger partial charge in [-0.3, -0.25) is 0 Å². The Bertz CT molecular complexity index is 1270. The van der Waals surface area contributed by atoms with Gasteiger partial charge >= 0.3 is 12.1 Å². The van der Waals surface area contributed by atoms with Crippen LogP contribution in [-0.2, 0) is 0 Å². The topological polar surface area (TPSA) is 71.2 Å². The monoisotopic (exact) mass is 711 g/mol. The fourth-order valence-electron chi connectivity index (χ4n) is 9.94. The number of carbonyl (C=O) groups excluding carboxylic acids is 2. The van der Waals surface area contributed by atoms with Gasteiger partial charge in [0.2, 0.25) is 0 Å². The molecule has 2 aliphatic heterocycles. The molecule has 8 nitrogen and oxygen atoms in total. The normalized spacial score (nSPS) is 23.5. The second kappa shape index (κ2) is 18.6. The standard InChI is InChI=1S/C44H66N6O2/c51-43(45-37-21-25-39(26-22-37)47-29-9-10-30-47)49(41-13-5-1-2-6-14-41)33-35-17-19-36(20-18-35)34-50(42-15-7-3-4-8-16-42)44(52)46-38-23-27-40(28-24-38)48-31-11-12-32-48/h21-28,35-36,41-42H,1-20,29-34H2,(H,45,51)(H,46,52). The maximum Gasteiger partial charge on any atom is 0.322 e. The van der Waals surface area contributed by atoms with Crippen molar-refractivity contribution in [3.8, 4) is 0 Å². The van der Waals surface area contributed by atoms with Crippen molar-refractivity contribution in [3.05, 3.63) is 48.5 Å². The molecule has 2 N–H and O–H groups in total. The van der Waals surface area contributed by atoms with Crippen molar-refractivity contribution >= 4 is 34.8 Å². The van der Waals surface area contributed by atoms with E-state index in [1.54, 1.807) is 0 Å². The Balaban J connectivity index is 0.960. The molecule has 3 aliphatic carbocycles. The number of rotatable bonds is 10. The van der Waals surface area contributed by atoms with E-state index in [2.05, 4.69) is 78.8 Å². The van der Waals surface area contributed by atoms with E-state index in [4.69, 9.17) is 0 Å². The van der Waals surface area contributed by atoms with E-state index >= 15 is 0 Å². The van der Waals surface area contributed by atoms with Gasteiger partial charge in [-0.05, 0) is 137 Å². The molecule has 2 aromatic rings. The molecule has 0 radical (unpaired) electrons. The van der Waals surface area contributed by atoms with Crippen LogP contribution in [0.1, 0.15) is 128 Å². The Labute approximate surface area is 314 Å². The maximum atomic E-state index is 14.0. The fourth-order valence-corrected chi connectivity index (χ4v) is 9.94. The zero-order chi connectivity index (χ0) is 35.5. The van der Waals surface area contributed by atoms with Crippen LogP contribution in [0.25, 0.3) is 0 Å². The third-order valence-electron chi connectivity index (χ3n) is 13.1. The molecule has 0 spiro atoms. The highest BCUT2D eigenvalue weighted by Crippen LogP contribution is 2.34. The van der Waals surface area contributed by atoms with Gasteiger partial charge in [0, 0.05) is 74.1 Å².